The van der Waals surface area contributed by atoms with Crippen molar-refractivity contribution in [3.63, 3.8) is 0 Å². The molecule has 3 heterocycles. The zero-order valence-corrected chi connectivity index (χ0v) is 19.0. The maximum absolute atomic E-state index is 13.7. The highest BCUT2D eigenvalue weighted by Crippen LogP contribution is 2.42. The molecule has 0 saturated carbocycles. The Labute approximate surface area is 194 Å². The summed E-state index contributed by atoms with van der Waals surface area (Å²) >= 11 is 1.33. The third-order valence-corrected chi connectivity index (χ3v) is 6.60. The van der Waals surface area contributed by atoms with Gasteiger partial charge in [0.05, 0.1) is 17.0 Å². The molecule has 0 radical (unpaired) electrons. The topological polar surface area (TPSA) is 85.5 Å². The van der Waals surface area contributed by atoms with Crippen molar-refractivity contribution in [3.05, 3.63) is 92.8 Å². The Morgan fingerprint density at radius 1 is 1.21 bits per heavy atom. The number of ether oxygens (including phenoxy) is 1. The highest BCUT2D eigenvalue weighted by molar-refractivity contribution is 7.15. The van der Waals surface area contributed by atoms with Crippen molar-refractivity contribution >= 4 is 33.3 Å². The van der Waals surface area contributed by atoms with Crippen LogP contribution in [0.2, 0.25) is 0 Å². The van der Waals surface area contributed by atoms with E-state index in [1.807, 2.05) is 44.2 Å². The van der Waals surface area contributed by atoms with E-state index in [0.29, 0.717) is 40.4 Å². The van der Waals surface area contributed by atoms with Gasteiger partial charge in [0.25, 0.3) is 5.91 Å². The molecule has 4 aromatic rings. The first-order valence-electron chi connectivity index (χ1n) is 10.6. The summed E-state index contributed by atoms with van der Waals surface area (Å²) in [4.78, 5) is 28.8. The summed E-state index contributed by atoms with van der Waals surface area (Å²) in [6.07, 6.45) is 2.35. The monoisotopic (exact) mass is 459 g/mol. The van der Waals surface area contributed by atoms with Crippen LogP contribution in [0.15, 0.2) is 64.3 Å². The van der Waals surface area contributed by atoms with E-state index in [4.69, 9.17) is 9.15 Å². The SMILES string of the molecule is C=CCOc1cccc([C@@H]2c3c(oc4ccc(C)cc4c3=O)C(=O)N2c2nnc(CC)s2)c1. The molecule has 1 aliphatic heterocycles. The lowest BCUT2D eigenvalue weighted by Gasteiger charge is -2.22. The molecule has 7 nitrogen and oxygen atoms in total. The van der Waals surface area contributed by atoms with Crippen LogP contribution in [0.4, 0.5) is 5.13 Å². The van der Waals surface area contributed by atoms with E-state index in [1.54, 1.807) is 18.2 Å². The lowest BCUT2D eigenvalue weighted by molar-refractivity contribution is 0.0970. The van der Waals surface area contributed by atoms with Gasteiger partial charge >= 0.3 is 0 Å². The van der Waals surface area contributed by atoms with Gasteiger partial charge in [-0.15, -0.1) is 10.2 Å². The molecule has 0 saturated heterocycles. The summed E-state index contributed by atoms with van der Waals surface area (Å²) in [6, 6.07) is 12.0. The maximum Gasteiger partial charge on any atom is 0.297 e. The fraction of sp³-hybridized carbons (Fsp3) is 0.200. The van der Waals surface area contributed by atoms with Crippen LogP contribution < -0.4 is 15.1 Å². The van der Waals surface area contributed by atoms with Crippen LogP contribution in [-0.2, 0) is 6.42 Å². The molecule has 5 rings (SSSR count). The molecular weight excluding hydrogens is 438 g/mol. The van der Waals surface area contributed by atoms with Crippen LogP contribution in [0.3, 0.4) is 0 Å². The molecule has 1 aliphatic rings. The van der Waals surface area contributed by atoms with Gasteiger partial charge in [0, 0.05) is 0 Å². The van der Waals surface area contributed by atoms with E-state index in [1.165, 1.54) is 16.2 Å². The number of hydrogen-bond acceptors (Lipinski definition) is 7. The number of aryl methyl sites for hydroxylation is 2. The summed E-state index contributed by atoms with van der Waals surface area (Å²) in [6.45, 7) is 7.91. The van der Waals surface area contributed by atoms with Crippen LogP contribution in [0.5, 0.6) is 5.75 Å². The minimum atomic E-state index is -0.710. The molecule has 2 aromatic carbocycles. The largest absolute Gasteiger partial charge is 0.490 e. The van der Waals surface area contributed by atoms with E-state index in [0.717, 1.165) is 16.1 Å². The minimum absolute atomic E-state index is 0.0343. The second-order valence-electron chi connectivity index (χ2n) is 7.76. The summed E-state index contributed by atoms with van der Waals surface area (Å²) < 4.78 is 11.7. The maximum atomic E-state index is 13.7. The molecule has 0 aliphatic carbocycles. The molecular formula is C25H21N3O4S. The van der Waals surface area contributed by atoms with Crippen LogP contribution in [0.1, 0.15) is 45.2 Å². The molecule has 0 N–H and O–H groups in total. The standard InChI is InChI=1S/C25H21N3O4S/c1-4-11-31-16-8-6-7-15(13-16)21-20-22(29)17-12-14(3)9-10-18(17)32-23(20)24(30)28(21)25-27-26-19(5-2)33-25/h4,6-10,12-13,21H,1,5,11H2,2-3H3/t21-/m1/s1. The van der Waals surface area contributed by atoms with Crippen LogP contribution >= 0.6 is 11.3 Å². The molecule has 1 amide bonds. The van der Waals surface area contributed by atoms with Gasteiger partial charge in [0.2, 0.25) is 10.9 Å². The number of benzene rings is 2. The van der Waals surface area contributed by atoms with Crippen LogP contribution in [0, 0.1) is 6.92 Å². The van der Waals surface area contributed by atoms with Gasteiger partial charge < -0.3 is 9.15 Å². The van der Waals surface area contributed by atoms with Gasteiger partial charge in [-0.3, -0.25) is 14.5 Å². The molecule has 0 spiro atoms. The number of aromatic nitrogens is 2. The molecule has 0 unspecified atom stereocenters. The molecule has 33 heavy (non-hydrogen) atoms. The zero-order valence-electron chi connectivity index (χ0n) is 18.2. The highest BCUT2D eigenvalue weighted by Gasteiger charge is 2.45. The third kappa shape index (κ3) is 3.52. The number of rotatable bonds is 6. The van der Waals surface area contributed by atoms with Gasteiger partial charge in [0.15, 0.2) is 5.43 Å². The van der Waals surface area contributed by atoms with Crippen LogP contribution in [-0.4, -0.2) is 22.7 Å². The zero-order chi connectivity index (χ0) is 23.1. The first-order chi connectivity index (χ1) is 16.0. The number of fused-ring (bicyclic) bond motifs is 2. The summed E-state index contributed by atoms with van der Waals surface area (Å²) in [7, 11) is 0. The summed E-state index contributed by atoms with van der Waals surface area (Å²) in [5, 5.41) is 10.1. The molecule has 166 valence electrons. The normalized spacial score (nSPS) is 15.2. The predicted molar refractivity (Wildman–Crippen MR) is 127 cm³/mol. The first-order valence-corrected chi connectivity index (χ1v) is 11.4. The summed E-state index contributed by atoms with van der Waals surface area (Å²) in [5.41, 5.74) is 2.11. The second kappa shape index (κ2) is 8.29. The fourth-order valence-corrected chi connectivity index (χ4v) is 4.82. The second-order valence-corrected chi connectivity index (χ2v) is 8.80. The van der Waals surface area contributed by atoms with Crippen molar-refractivity contribution < 1.29 is 13.9 Å². The third-order valence-electron chi connectivity index (χ3n) is 5.53. The van der Waals surface area contributed by atoms with Crippen molar-refractivity contribution in [2.75, 3.05) is 11.5 Å². The molecule has 8 heteroatoms. The highest BCUT2D eigenvalue weighted by atomic mass is 32.1. The molecule has 0 bridgehead atoms. The lowest BCUT2D eigenvalue weighted by Crippen LogP contribution is -2.29. The Kier molecular flexibility index (Phi) is 5.30. The number of nitrogens with zero attached hydrogens (tertiary/aromatic N) is 3. The molecule has 2 aromatic heterocycles. The van der Waals surface area contributed by atoms with E-state index in [9.17, 15) is 9.59 Å². The Balaban J connectivity index is 1.75. The van der Waals surface area contributed by atoms with E-state index in [2.05, 4.69) is 16.8 Å². The Hall–Kier alpha value is -3.78. The van der Waals surface area contributed by atoms with E-state index >= 15 is 0 Å². The van der Waals surface area contributed by atoms with E-state index in [-0.39, 0.29) is 11.2 Å². The minimum Gasteiger partial charge on any atom is -0.490 e. The van der Waals surface area contributed by atoms with Crippen molar-refractivity contribution in [1.29, 1.82) is 0 Å². The lowest BCUT2D eigenvalue weighted by atomic mass is 9.98. The number of carbonyl (C=O) groups is 1. The quantitative estimate of drug-likeness (QED) is 0.384. The summed E-state index contributed by atoms with van der Waals surface area (Å²) in [5.74, 6) is 0.235. The average molecular weight is 460 g/mol. The molecule has 1 atom stereocenters. The average Bonchev–Trinajstić information content (AvgIpc) is 3.41. The first kappa shape index (κ1) is 21.1. The number of carbonyl (C=O) groups excluding carboxylic acids is 1. The van der Waals surface area contributed by atoms with Gasteiger partial charge in [-0.1, -0.05) is 54.7 Å². The van der Waals surface area contributed by atoms with Crippen molar-refractivity contribution in [2.24, 2.45) is 0 Å². The fourth-order valence-electron chi connectivity index (χ4n) is 4.01. The smallest absolute Gasteiger partial charge is 0.297 e. The molecule has 0 fully saturated rings. The Bertz CT molecular complexity index is 1460. The van der Waals surface area contributed by atoms with E-state index < -0.39 is 11.9 Å². The van der Waals surface area contributed by atoms with Gasteiger partial charge in [-0.05, 0) is 43.2 Å². The number of anilines is 1. The van der Waals surface area contributed by atoms with Crippen molar-refractivity contribution in [1.82, 2.24) is 10.2 Å². The Morgan fingerprint density at radius 2 is 2.06 bits per heavy atom. The number of amides is 1. The van der Waals surface area contributed by atoms with Crippen molar-refractivity contribution in [2.45, 2.75) is 26.3 Å². The predicted octanol–water partition coefficient (Wildman–Crippen LogP) is 4.83. The van der Waals surface area contributed by atoms with Gasteiger partial charge in [0.1, 0.15) is 22.9 Å². The Morgan fingerprint density at radius 3 is 2.82 bits per heavy atom. The number of hydrogen-bond donors (Lipinski definition) is 0. The van der Waals surface area contributed by atoms with Crippen molar-refractivity contribution in [3.8, 4) is 5.75 Å². The van der Waals surface area contributed by atoms with Gasteiger partial charge in [-0.25, -0.2) is 0 Å². The van der Waals surface area contributed by atoms with Crippen LogP contribution in [0.25, 0.3) is 11.0 Å². The van der Waals surface area contributed by atoms with Gasteiger partial charge in [-0.2, -0.15) is 0 Å².